The molecule has 10 heteroatoms. The molecule has 3 rings (SSSR count). The van der Waals surface area contributed by atoms with Crippen LogP contribution in [0.1, 0.15) is 22.4 Å². The lowest BCUT2D eigenvalue weighted by Crippen LogP contribution is -2.42. The van der Waals surface area contributed by atoms with Crippen LogP contribution in [-0.4, -0.2) is 56.1 Å². The number of amides is 1. The number of ether oxygens (including phenoxy) is 1. The molecule has 1 atom stereocenters. The van der Waals surface area contributed by atoms with Crippen LogP contribution in [0.2, 0.25) is 10.2 Å². The SMILES string of the molecule is O=C(c1cc(Cl)c(Cl)[nH]1)N1CCOC(c2nn[nH]n2)C1. The highest BCUT2D eigenvalue weighted by Crippen LogP contribution is 2.24. The minimum absolute atomic E-state index is 0.199. The lowest BCUT2D eigenvalue weighted by atomic mass is 10.2. The van der Waals surface area contributed by atoms with Crippen LogP contribution in [0.4, 0.5) is 0 Å². The van der Waals surface area contributed by atoms with E-state index in [9.17, 15) is 4.79 Å². The van der Waals surface area contributed by atoms with Crippen molar-refractivity contribution in [2.24, 2.45) is 0 Å². The molecule has 1 amide bonds. The first-order valence-electron chi connectivity index (χ1n) is 5.83. The lowest BCUT2D eigenvalue weighted by Gasteiger charge is -2.31. The molecule has 1 fully saturated rings. The summed E-state index contributed by atoms with van der Waals surface area (Å²) in [6.07, 6.45) is -0.396. The molecule has 0 aromatic carbocycles. The summed E-state index contributed by atoms with van der Waals surface area (Å²) >= 11 is 11.6. The number of halogens is 2. The Balaban J connectivity index is 1.75. The zero-order valence-corrected chi connectivity index (χ0v) is 11.6. The van der Waals surface area contributed by atoms with Crippen molar-refractivity contribution in [1.82, 2.24) is 30.5 Å². The highest BCUT2D eigenvalue weighted by Gasteiger charge is 2.29. The van der Waals surface area contributed by atoms with Gasteiger partial charge in [0.05, 0.1) is 18.2 Å². The number of hydrogen-bond donors (Lipinski definition) is 2. The predicted octanol–water partition coefficient (Wildman–Crippen LogP) is 1.05. The fourth-order valence-corrected chi connectivity index (χ4v) is 2.30. The Kier molecular flexibility index (Phi) is 3.60. The molecule has 8 nitrogen and oxygen atoms in total. The zero-order valence-electron chi connectivity index (χ0n) is 10.1. The van der Waals surface area contributed by atoms with Crippen molar-refractivity contribution < 1.29 is 9.53 Å². The molecule has 3 heterocycles. The van der Waals surface area contributed by atoms with Gasteiger partial charge in [-0.3, -0.25) is 4.79 Å². The number of rotatable bonds is 2. The van der Waals surface area contributed by atoms with Crippen LogP contribution in [0.25, 0.3) is 0 Å². The Hall–Kier alpha value is -1.64. The number of aromatic nitrogens is 5. The van der Waals surface area contributed by atoms with Gasteiger partial charge in [-0.2, -0.15) is 5.21 Å². The summed E-state index contributed by atoms with van der Waals surface area (Å²) in [6.45, 7) is 1.21. The highest BCUT2D eigenvalue weighted by atomic mass is 35.5. The molecule has 1 unspecified atom stereocenters. The van der Waals surface area contributed by atoms with Gasteiger partial charge in [0, 0.05) is 6.54 Å². The Labute approximate surface area is 123 Å². The van der Waals surface area contributed by atoms with Gasteiger partial charge < -0.3 is 14.6 Å². The molecule has 0 bridgehead atoms. The van der Waals surface area contributed by atoms with E-state index in [0.29, 0.717) is 36.2 Å². The van der Waals surface area contributed by atoms with E-state index in [4.69, 9.17) is 27.9 Å². The van der Waals surface area contributed by atoms with Crippen molar-refractivity contribution in [3.63, 3.8) is 0 Å². The van der Waals surface area contributed by atoms with Gasteiger partial charge >= 0.3 is 0 Å². The number of aromatic amines is 2. The van der Waals surface area contributed by atoms with Gasteiger partial charge in [0.2, 0.25) is 5.82 Å². The van der Waals surface area contributed by atoms with Crippen molar-refractivity contribution in [3.05, 3.63) is 27.8 Å². The number of carbonyl (C=O) groups excluding carboxylic acids is 1. The minimum Gasteiger partial charge on any atom is -0.366 e. The highest BCUT2D eigenvalue weighted by molar-refractivity contribution is 6.41. The normalized spacial score (nSPS) is 19.3. The van der Waals surface area contributed by atoms with Crippen LogP contribution >= 0.6 is 23.2 Å². The van der Waals surface area contributed by atoms with E-state index in [1.807, 2.05) is 0 Å². The van der Waals surface area contributed by atoms with Gasteiger partial charge in [-0.25, -0.2) is 0 Å². The predicted molar refractivity (Wildman–Crippen MR) is 69.6 cm³/mol. The molecule has 2 aromatic rings. The fourth-order valence-electron chi connectivity index (χ4n) is 1.99. The Morgan fingerprint density at radius 2 is 2.35 bits per heavy atom. The topological polar surface area (TPSA) is 99.8 Å². The first kappa shape index (κ1) is 13.3. The molecule has 1 saturated heterocycles. The van der Waals surface area contributed by atoms with Crippen molar-refractivity contribution in [2.45, 2.75) is 6.10 Å². The van der Waals surface area contributed by atoms with Crippen LogP contribution in [-0.2, 0) is 4.74 Å². The second-order valence-corrected chi connectivity index (χ2v) is 5.01. The minimum atomic E-state index is -0.396. The molecule has 1 aliphatic rings. The molecule has 2 N–H and O–H groups in total. The summed E-state index contributed by atoms with van der Waals surface area (Å²) in [5.41, 5.74) is 0.341. The summed E-state index contributed by atoms with van der Waals surface area (Å²) in [6, 6.07) is 1.51. The number of carbonyl (C=O) groups is 1. The maximum atomic E-state index is 12.3. The summed E-state index contributed by atoms with van der Waals surface area (Å²) in [5, 5.41) is 14.1. The quantitative estimate of drug-likeness (QED) is 0.862. The van der Waals surface area contributed by atoms with Gasteiger partial charge in [-0.05, 0) is 6.07 Å². The van der Waals surface area contributed by atoms with E-state index in [2.05, 4.69) is 25.6 Å². The van der Waals surface area contributed by atoms with Gasteiger partial charge in [-0.1, -0.05) is 28.4 Å². The zero-order chi connectivity index (χ0) is 14.1. The monoisotopic (exact) mass is 316 g/mol. The molecule has 0 spiro atoms. The standard InChI is InChI=1S/C10H10Cl2N6O2/c11-5-3-6(13-8(5)12)10(19)18-1-2-20-7(4-18)9-14-16-17-15-9/h3,7,13H,1-2,4H2,(H,14,15,16,17). The third-order valence-electron chi connectivity index (χ3n) is 2.96. The van der Waals surface area contributed by atoms with E-state index in [1.165, 1.54) is 6.07 Å². The Morgan fingerprint density at radius 1 is 1.50 bits per heavy atom. The molecular weight excluding hydrogens is 307 g/mol. The van der Waals surface area contributed by atoms with Gasteiger partial charge in [0.1, 0.15) is 17.0 Å². The van der Waals surface area contributed by atoms with E-state index in [0.717, 1.165) is 0 Å². The van der Waals surface area contributed by atoms with Crippen LogP contribution in [0.5, 0.6) is 0 Å². The summed E-state index contributed by atoms with van der Waals surface area (Å²) in [5.74, 6) is 0.223. The molecule has 1 aliphatic heterocycles. The maximum absolute atomic E-state index is 12.3. The van der Waals surface area contributed by atoms with E-state index < -0.39 is 6.10 Å². The van der Waals surface area contributed by atoms with E-state index in [-0.39, 0.29) is 11.1 Å². The second-order valence-electron chi connectivity index (χ2n) is 4.23. The molecule has 20 heavy (non-hydrogen) atoms. The molecule has 0 aliphatic carbocycles. The molecular formula is C10H10Cl2N6O2. The molecule has 2 aromatic heterocycles. The Bertz CT molecular complexity index is 594. The summed E-state index contributed by atoms with van der Waals surface area (Å²) in [7, 11) is 0. The van der Waals surface area contributed by atoms with Gasteiger partial charge in [-0.15, -0.1) is 10.2 Å². The number of hydrogen-bond acceptors (Lipinski definition) is 5. The number of morpholine rings is 1. The van der Waals surface area contributed by atoms with E-state index >= 15 is 0 Å². The Morgan fingerprint density at radius 3 is 3.00 bits per heavy atom. The summed E-state index contributed by atoms with van der Waals surface area (Å²) < 4.78 is 5.53. The smallest absolute Gasteiger partial charge is 0.270 e. The second kappa shape index (κ2) is 5.39. The van der Waals surface area contributed by atoms with Crippen molar-refractivity contribution >= 4 is 29.1 Å². The van der Waals surface area contributed by atoms with Crippen LogP contribution in [0, 0.1) is 0 Å². The third-order valence-corrected chi connectivity index (χ3v) is 3.65. The molecule has 0 radical (unpaired) electrons. The fraction of sp³-hybridized carbons (Fsp3) is 0.400. The van der Waals surface area contributed by atoms with E-state index in [1.54, 1.807) is 4.90 Å². The molecule has 0 saturated carbocycles. The molecule has 106 valence electrons. The largest absolute Gasteiger partial charge is 0.366 e. The summed E-state index contributed by atoms with van der Waals surface area (Å²) in [4.78, 5) is 16.7. The maximum Gasteiger partial charge on any atom is 0.270 e. The first-order valence-corrected chi connectivity index (χ1v) is 6.59. The van der Waals surface area contributed by atoms with Crippen molar-refractivity contribution in [1.29, 1.82) is 0 Å². The third kappa shape index (κ3) is 2.49. The van der Waals surface area contributed by atoms with Crippen LogP contribution < -0.4 is 0 Å². The number of nitrogens with zero attached hydrogens (tertiary/aromatic N) is 4. The number of nitrogens with one attached hydrogen (secondary N) is 2. The number of tetrazole rings is 1. The van der Waals surface area contributed by atoms with Gasteiger partial charge in [0.25, 0.3) is 5.91 Å². The number of H-pyrrole nitrogens is 2. The average Bonchev–Trinajstić information content (AvgIpc) is 3.09. The van der Waals surface area contributed by atoms with Crippen LogP contribution in [0.15, 0.2) is 6.07 Å². The van der Waals surface area contributed by atoms with Crippen LogP contribution in [0.3, 0.4) is 0 Å². The first-order chi connectivity index (χ1) is 9.65. The van der Waals surface area contributed by atoms with Gasteiger partial charge in [0.15, 0.2) is 0 Å². The lowest BCUT2D eigenvalue weighted by molar-refractivity contribution is -0.0269. The average molecular weight is 317 g/mol. The van der Waals surface area contributed by atoms with Crippen molar-refractivity contribution in [2.75, 3.05) is 19.7 Å². The van der Waals surface area contributed by atoms with Crippen molar-refractivity contribution in [3.8, 4) is 0 Å².